The number of carbonyl (C=O) groups excluding carboxylic acids is 1. The highest BCUT2D eigenvalue weighted by atomic mass is 79.9. The molecule has 1 N–H and O–H groups in total. The quantitative estimate of drug-likeness (QED) is 0.665. The molecule has 0 saturated carbocycles. The Kier molecular flexibility index (Phi) is 5.07. The lowest BCUT2D eigenvalue weighted by Gasteiger charge is -2.04. The van der Waals surface area contributed by atoms with E-state index in [1.807, 2.05) is 18.2 Å². The van der Waals surface area contributed by atoms with E-state index in [0.29, 0.717) is 12.3 Å². The molecule has 0 aliphatic carbocycles. The molecule has 14 heavy (non-hydrogen) atoms. The Hall–Kier alpha value is -1.03. The van der Waals surface area contributed by atoms with E-state index in [9.17, 15) is 4.79 Å². The molecule has 0 heterocycles. The molecule has 0 unspecified atom stereocenters. The van der Waals surface area contributed by atoms with Crippen molar-refractivity contribution in [2.75, 3.05) is 11.9 Å². The number of carbonyl (C=O) groups is 1. The molecule has 0 aliphatic rings. The van der Waals surface area contributed by atoms with Gasteiger partial charge in [-0.2, -0.15) is 0 Å². The molecule has 0 aromatic heterocycles. The van der Waals surface area contributed by atoms with Crippen molar-refractivity contribution in [3.8, 4) is 5.75 Å². The van der Waals surface area contributed by atoms with Gasteiger partial charge in [-0.15, -0.1) is 0 Å². The van der Waals surface area contributed by atoms with Gasteiger partial charge in [0.05, 0.1) is 0 Å². The van der Waals surface area contributed by atoms with Crippen molar-refractivity contribution in [3.05, 3.63) is 30.3 Å². The lowest BCUT2D eigenvalue weighted by molar-refractivity contribution is 0.200. The van der Waals surface area contributed by atoms with Crippen LogP contribution in [-0.2, 0) is 0 Å². The molecular weight excluding hydrogens is 246 g/mol. The maximum absolute atomic E-state index is 11.1. The highest BCUT2D eigenvalue weighted by Crippen LogP contribution is 2.07. The maximum Gasteiger partial charge on any atom is 0.412 e. The Labute approximate surface area is 91.6 Å². The van der Waals surface area contributed by atoms with E-state index in [2.05, 4.69) is 21.2 Å². The van der Waals surface area contributed by atoms with Gasteiger partial charge >= 0.3 is 6.09 Å². The molecule has 3 nitrogen and oxygen atoms in total. The lowest BCUT2D eigenvalue weighted by atomic mass is 10.3. The summed E-state index contributed by atoms with van der Waals surface area (Å²) in [4.78, 5) is 11.1. The SMILES string of the molecule is O=C(NCCCBr)Oc1ccccc1. The summed E-state index contributed by atoms with van der Waals surface area (Å²) < 4.78 is 5.00. The number of hydrogen-bond donors (Lipinski definition) is 1. The second-order valence-corrected chi connectivity index (χ2v) is 3.46. The van der Waals surface area contributed by atoms with E-state index in [-0.39, 0.29) is 0 Å². The summed E-state index contributed by atoms with van der Waals surface area (Å²) in [6.45, 7) is 0.622. The van der Waals surface area contributed by atoms with Crippen molar-refractivity contribution in [1.82, 2.24) is 5.32 Å². The van der Waals surface area contributed by atoms with Crippen LogP contribution in [0.3, 0.4) is 0 Å². The molecule has 0 fully saturated rings. The van der Waals surface area contributed by atoms with Crippen molar-refractivity contribution >= 4 is 22.0 Å². The second kappa shape index (κ2) is 6.43. The Morgan fingerprint density at radius 2 is 2.07 bits per heavy atom. The van der Waals surface area contributed by atoms with Gasteiger partial charge in [0, 0.05) is 11.9 Å². The number of halogens is 1. The summed E-state index contributed by atoms with van der Waals surface area (Å²) in [6, 6.07) is 8.99. The van der Waals surface area contributed by atoms with Gasteiger partial charge in [0.2, 0.25) is 0 Å². The molecule has 0 radical (unpaired) electrons. The predicted molar refractivity (Wildman–Crippen MR) is 58.9 cm³/mol. The number of nitrogens with one attached hydrogen (secondary N) is 1. The fourth-order valence-corrected chi connectivity index (χ4v) is 1.17. The van der Waals surface area contributed by atoms with Crippen LogP contribution in [-0.4, -0.2) is 18.0 Å². The lowest BCUT2D eigenvalue weighted by Crippen LogP contribution is -2.27. The zero-order chi connectivity index (χ0) is 10.2. The molecule has 1 amide bonds. The van der Waals surface area contributed by atoms with E-state index in [0.717, 1.165) is 11.8 Å². The molecule has 0 aliphatic heterocycles. The van der Waals surface area contributed by atoms with Crippen LogP contribution in [0.25, 0.3) is 0 Å². The van der Waals surface area contributed by atoms with Crippen molar-refractivity contribution in [2.45, 2.75) is 6.42 Å². The highest BCUT2D eigenvalue weighted by Gasteiger charge is 2.01. The van der Waals surface area contributed by atoms with Gasteiger partial charge in [0.1, 0.15) is 5.75 Å². The Morgan fingerprint density at radius 1 is 1.36 bits per heavy atom. The molecule has 4 heteroatoms. The van der Waals surface area contributed by atoms with Gasteiger partial charge in [-0.25, -0.2) is 4.79 Å². The first-order valence-corrected chi connectivity index (χ1v) is 5.52. The molecule has 0 spiro atoms. The number of para-hydroxylation sites is 1. The van der Waals surface area contributed by atoms with Crippen molar-refractivity contribution < 1.29 is 9.53 Å². The predicted octanol–water partition coefficient (Wildman–Crippen LogP) is 2.56. The minimum absolute atomic E-state index is 0.405. The minimum atomic E-state index is -0.405. The summed E-state index contributed by atoms with van der Waals surface area (Å²) in [5.74, 6) is 0.559. The monoisotopic (exact) mass is 257 g/mol. The van der Waals surface area contributed by atoms with Crippen LogP contribution in [0.15, 0.2) is 30.3 Å². The Balaban J connectivity index is 2.27. The van der Waals surface area contributed by atoms with Crippen LogP contribution in [0.5, 0.6) is 5.75 Å². The average molecular weight is 258 g/mol. The summed E-state index contributed by atoms with van der Waals surface area (Å²) in [5, 5.41) is 3.51. The number of ether oxygens (including phenoxy) is 1. The van der Waals surface area contributed by atoms with Crippen molar-refractivity contribution in [2.24, 2.45) is 0 Å². The summed E-state index contributed by atoms with van der Waals surface area (Å²) in [7, 11) is 0. The molecule has 0 atom stereocenters. The Morgan fingerprint density at radius 3 is 2.71 bits per heavy atom. The highest BCUT2D eigenvalue weighted by molar-refractivity contribution is 9.09. The van der Waals surface area contributed by atoms with Crippen LogP contribution in [0, 0.1) is 0 Å². The van der Waals surface area contributed by atoms with Crippen LogP contribution in [0.1, 0.15) is 6.42 Å². The fraction of sp³-hybridized carbons (Fsp3) is 0.300. The molecule has 0 saturated heterocycles. The second-order valence-electron chi connectivity index (χ2n) is 2.67. The number of alkyl halides is 1. The standard InChI is InChI=1S/C10H12BrNO2/c11-7-4-8-12-10(13)14-9-5-2-1-3-6-9/h1-3,5-6H,4,7-8H2,(H,12,13). The maximum atomic E-state index is 11.1. The largest absolute Gasteiger partial charge is 0.412 e. The number of rotatable bonds is 4. The third-order valence-corrected chi connectivity index (χ3v) is 2.09. The van der Waals surface area contributed by atoms with E-state index in [1.54, 1.807) is 12.1 Å². The molecule has 1 aromatic carbocycles. The van der Waals surface area contributed by atoms with Crippen LogP contribution in [0.2, 0.25) is 0 Å². The first-order chi connectivity index (χ1) is 6.83. The van der Waals surface area contributed by atoms with Gasteiger partial charge < -0.3 is 10.1 Å². The van der Waals surface area contributed by atoms with Gasteiger partial charge in [0.25, 0.3) is 0 Å². The molecular formula is C10H12BrNO2. The zero-order valence-electron chi connectivity index (χ0n) is 7.70. The Bertz CT molecular complexity index is 277. The van der Waals surface area contributed by atoms with Crippen LogP contribution < -0.4 is 10.1 Å². The van der Waals surface area contributed by atoms with Gasteiger partial charge in [0.15, 0.2) is 0 Å². The zero-order valence-corrected chi connectivity index (χ0v) is 9.29. The third kappa shape index (κ3) is 4.28. The van der Waals surface area contributed by atoms with Crippen molar-refractivity contribution in [3.63, 3.8) is 0 Å². The average Bonchev–Trinajstić information content (AvgIpc) is 2.20. The molecule has 1 aromatic rings. The molecule has 76 valence electrons. The van der Waals surface area contributed by atoms with Gasteiger partial charge in [-0.05, 0) is 18.6 Å². The number of benzene rings is 1. The van der Waals surface area contributed by atoms with E-state index >= 15 is 0 Å². The number of hydrogen-bond acceptors (Lipinski definition) is 2. The normalized spacial score (nSPS) is 9.50. The van der Waals surface area contributed by atoms with E-state index in [4.69, 9.17) is 4.74 Å². The van der Waals surface area contributed by atoms with E-state index < -0.39 is 6.09 Å². The molecule has 0 bridgehead atoms. The minimum Gasteiger partial charge on any atom is -0.410 e. The van der Waals surface area contributed by atoms with Gasteiger partial charge in [-0.1, -0.05) is 34.1 Å². The first kappa shape index (κ1) is 11.0. The van der Waals surface area contributed by atoms with Crippen LogP contribution >= 0.6 is 15.9 Å². The van der Waals surface area contributed by atoms with E-state index in [1.165, 1.54) is 0 Å². The van der Waals surface area contributed by atoms with Gasteiger partial charge in [-0.3, -0.25) is 0 Å². The number of amides is 1. The van der Waals surface area contributed by atoms with Crippen LogP contribution in [0.4, 0.5) is 4.79 Å². The summed E-state index contributed by atoms with van der Waals surface area (Å²) >= 11 is 3.27. The molecule has 1 rings (SSSR count). The fourth-order valence-electron chi connectivity index (χ4n) is 0.889. The smallest absolute Gasteiger partial charge is 0.410 e. The van der Waals surface area contributed by atoms with Crippen molar-refractivity contribution in [1.29, 1.82) is 0 Å². The third-order valence-electron chi connectivity index (χ3n) is 1.53. The topological polar surface area (TPSA) is 38.3 Å². The summed E-state index contributed by atoms with van der Waals surface area (Å²) in [6.07, 6.45) is 0.487. The summed E-state index contributed by atoms with van der Waals surface area (Å²) in [5.41, 5.74) is 0. The first-order valence-electron chi connectivity index (χ1n) is 4.39.